The Bertz CT molecular complexity index is 1160. The molecule has 2 atom stereocenters. The van der Waals surface area contributed by atoms with E-state index in [2.05, 4.69) is 28.4 Å². The number of benzene rings is 3. The minimum Gasteiger partial charge on any atom is -0.309 e. The van der Waals surface area contributed by atoms with Crippen LogP contribution in [0, 0.1) is 5.82 Å². The number of carbonyl (C=O) groups is 1. The molecule has 35 heavy (non-hydrogen) atoms. The van der Waals surface area contributed by atoms with Crippen molar-refractivity contribution in [3.8, 4) is 0 Å². The van der Waals surface area contributed by atoms with E-state index < -0.39 is 5.91 Å². The zero-order valence-electron chi connectivity index (χ0n) is 19.8. The molecule has 0 spiro atoms. The molecule has 1 saturated carbocycles. The number of rotatable bonds is 9. The fraction of sp³-hybridized carbons (Fsp3) is 0.345. The first-order valence-corrected chi connectivity index (χ1v) is 12.4. The van der Waals surface area contributed by atoms with Crippen molar-refractivity contribution in [2.75, 3.05) is 13.1 Å². The molecule has 3 N–H and O–H groups in total. The van der Waals surface area contributed by atoms with Crippen molar-refractivity contribution in [1.82, 2.24) is 15.7 Å². The van der Waals surface area contributed by atoms with E-state index in [0.29, 0.717) is 17.5 Å². The van der Waals surface area contributed by atoms with Crippen LogP contribution in [-0.4, -0.2) is 35.1 Å². The highest BCUT2D eigenvalue weighted by Gasteiger charge is 2.37. The van der Waals surface area contributed by atoms with Crippen LogP contribution < -0.4 is 10.8 Å². The quantitative estimate of drug-likeness (QED) is 0.314. The first-order chi connectivity index (χ1) is 17.1. The number of hydrogen-bond donors (Lipinski definition) is 3. The van der Waals surface area contributed by atoms with Crippen molar-refractivity contribution in [3.05, 3.63) is 106 Å². The molecule has 182 valence electrons. The number of amides is 1. The molecule has 1 amide bonds. The minimum atomic E-state index is -0.482. The van der Waals surface area contributed by atoms with Crippen molar-refractivity contribution in [2.45, 2.75) is 50.7 Å². The van der Waals surface area contributed by atoms with E-state index >= 15 is 0 Å². The number of aryl methyl sites for hydroxylation is 1. The summed E-state index contributed by atoms with van der Waals surface area (Å²) in [6.45, 7) is 3.99. The van der Waals surface area contributed by atoms with Gasteiger partial charge >= 0.3 is 0 Å². The molecule has 2 aliphatic rings. The Labute approximate surface area is 205 Å². The van der Waals surface area contributed by atoms with Crippen molar-refractivity contribution in [3.63, 3.8) is 0 Å². The topological polar surface area (TPSA) is 64.6 Å². The van der Waals surface area contributed by atoms with Gasteiger partial charge in [-0.25, -0.2) is 9.87 Å². The Hall–Kier alpha value is -3.06. The molecule has 1 aliphatic heterocycles. The molecule has 3 aromatic rings. The van der Waals surface area contributed by atoms with Gasteiger partial charge in [0.2, 0.25) is 0 Å². The van der Waals surface area contributed by atoms with Gasteiger partial charge in [0.1, 0.15) is 5.82 Å². The van der Waals surface area contributed by atoms with Crippen LogP contribution in [0.15, 0.2) is 66.7 Å². The lowest BCUT2D eigenvalue weighted by atomic mass is 9.97. The van der Waals surface area contributed by atoms with E-state index in [9.17, 15) is 9.18 Å². The van der Waals surface area contributed by atoms with Gasteiger partial charge in [-0.1, -0.05) is 42.5 Å². The first kappa shape index (κ1) is 23.7. The number of hydrogen-bond acceptors (Lipinski definition) is 4. The number of halogens is 1. The second-order valence-corrected chi connectivity index (χ2v) is 9.75. The molecule has 1 heterocycles. The van der Waals surface area contributed by atoms with Crippen molar-refractivity contribution in [1.29, 1.82) is 0 Å². The summed E-state index contributed by atoms with van der Waals surface area (Å²) in [4.78, 5) is 13.9. The molecule has 1 aliphatic carbocycles. The highest BCUT2D eigenvalue weighted by Crippen LogP contribution is 2.41. The van der Waals surface area contributed by atoms with Crippen LogP contribution >= 0.6 is 0 Å². The number of nitrogens with zero attached hydrogens (tertiary/aromatic N) is 1. The molecule has 6 heteroatoms. The summed E-state index contributed by atoms with van der Waals surface area (Å²) in [5.41, 5.74) is 8.77. The van der Waals surface area contributed by atoms with Crippen LogP contribution in [0.5, 0.6) is 0 Å². The summed E-state index contributed by atoms with van der Waals surface area (Å²) in [6, 6.07) is 21.7. The van der Waals surface area contributed by atoms with Crippen LogP contribution in [0.3, 0.4) is 0 Å². The number of hydroxylamine groups is 1. The highest BCUT2D eigenvalue weighted by molar-refractivity contribution is 5.93. The van der Waals surface area contributed by atoms with Gasteiger partial charge in [0.05, 0.1) is 0 Å². The van der Waals surface area contributed by atoms with Gasteiger partial charge in [-0.15, -0.1) is 0 Å². The van der Waals surface area contributed by atoms with Crippen molar-refractivity contribution in [2.24, 2.45) is 0 Å². The second-order valence-electron chi connectivity index (χ2n) is 9.75. The average molecular weight is 474 g/mol. The van der Waals surface area contributed by atoms with E-state index in [1.54, 1.807) is 29.7 Å². The average Bonchev–Trinajstić information content (AvgIpc) is 3.67. The van der Waals surface area contributed by atoms with Gasteiger partial charge in [-0.2, -0.15) is 0 Å². The summed E-state index contributed by atoms with van der Waals surface area (Å²) in [6.07, 6.45) is 4.23. The molecule has 5 nitrogen and oxygen atoms in total. The summed E-state index contributed by atoms with van der Waals surface area (Å²) < 4.78 is 13.1. The molecule has 0 bridgehead atoms. The number of nitrogens with one attached hydrogen (secondary N) is 2. The fourth-order valence-electron chi connectivity index (χ4n) is 5.11. The van der Waals surface area contributed by atoms with Gasteiger partial charge in [0.15, 0.2) is 0 Å². The van der Waals surface area contributed by atoms with Gasteiger partial charge in [0, 0.05) is 37.2 Å². The molecular weight excluding hydrogens is 441 g/mol. The maximum absolute atomic E-state index is 13.1. The van der Waals surface area contributed by atoms with E-state index in [1.165, 1.54) is 27.8 Å². The Kier molecular flexibility index (Phi) is 7.23. The monoisotopic (exact) mass is 473 g/mol. The molecule has 0 aromatic heterocycles. The predicted molar refractivity (Wildman–Crippen MR) is 134 cm³/mol. The van der Waals surface area contributed by atoms with Crippen LogP contribution in [0.2, 0.25) is 0 Å². The Morgan fingerprint density at radius 3 is 2.54 bits per heavy atom. The Morgan fingerprint density at radius 1 is 1.00 bits per heavy atom. The molecule has 3 aromatic carbocycles. The zero-order valence-corrected chi connectivity index (χ0v) is 19.8. The molecule has 0 radical (unpaired) electrons. The number of fused-ring (bicyclic) bond motifs is 1. The van der Waals surface area contributed by atoms with Crippen molar-refractivity contribution >= 4 is 5.91 Å². The highest BCUT2D eigenvalue weighted by atomic mass is 19.1. The molecular formula is C29H32FN3O2. The van der Waals surface area contributed by atoms with Crippen LogP contribution in [-0.2, 0) is 25.9 Å². The second kappa shape index (κ2) is 10.7. The summed E-state index contributed by atoms with van der Waals surface area (Å²) >= 11 is 0. The van der Waals surface area contributed by atoms with Crippen LogP contribution in [0.25, 0.3) is 0 Å². The lowest BCUT2D eigenvalue weighted by Gasteiger charge is -2.29. The third-order valence-corrected chi connectivity index (χ3v) is 7.28. The summed E-state index contributed by atoms with van der Waals surface area (Å²) in [5.74, 6) is -0.156. The van der Waals surface area contributed by atoms with Crippen molar-refractivity contribution < 1.29 is 14.4 Å². The lowest BCUT2D eigenvalue weighted by molar-refractivity contribution is 0.0706. The lowest BCUT2D eigenvalue weighted by Crippen LogP contribution is -2.31. The largest absolute Gasteiger partial charge is 0.309 e. The maximum Gasteiger partial charge on any atom is 0.274 e. The number of carbonyl (C=O) groups excluding carboxylic acids is 1. The summed E-state index contributed by atoms with van der Waals surface area (Å²) in [5, 5.41) is 12.4. The van der Waals surface area contributed by atoms with Gasteiger partial charge in [-0.05, 0) is 84.3 Å². The van der Waals surface area contributed by atoms with E-state index in [1.807, 2.05) is 24.3 Å². The first-order valence-electron chi connectivity index (χ1n) is 12.4. The van der Waals surface area contributed by atoms with Crippen LogP contribution in [0.1, 0.15) is 56.9 Å². The normalized spacial score (nSPS) is 19.3. The van der Waals surface area contributed by atoms with E-state index in [-0.39, 0.29) is 5.82 Å². The molecule has 0 saturated heterocycles. The van der Waals surface area contributed by atoms with Gasteiger partial charge < -0.3 is 5.32 Å². The third kappa shape index (κ3) is 5.96. The fourth-order valence-corrected chi connectivity index (χ4v) is 5.11. The van der Waals surface area contributed by atoms with E-state index in [0.717, 1.165) is 51.9 Å². The minimum absolute atomic E-state index is 0.173. The third-order valence-electron chi connectivity index (χ3n) is 7.28. The Balaban J connectivity index is 1.06. The molecule has 2 unspecified atom stereocenters. The predicted octanol–water partition coefficient (Wildman–Crippen LogP) is 4.58. The van der Waals surface area contributed by atoms with E-state index in [4.69, 9.17) is 5.21 Å². The SMILES string of the molecule is O=C(NO)c1ccc(CCCN2CCc3cc(CNC4CC4c4ccc(F)cc4)ccc3C2)cc1. The zero-order chi connectivity index (χ0) is 24.2. The molecule has 1 fully saturated rings. The maximum atomic E-state index is 13.1. The van der Waals surface area contributed by atoms with Gasteiger partial charge in [0.25, 0.3) is 5.91 Å². The molecule has 5 rings (SSSR count). The smallest absolute Gasteiger partial charge is 0.274 e. The van der Waals surface area contributed by atoms with Crippen LogP contribution in [0.4, 0.5) is 4.39 Å². The Morgan fingerprint density at radius 2 is 1.77 bits per heavy atom. The standard InChI is InChI=1S/C29H32FN3O2/c30-26-11-9-22(10-12-26)27-17-28(27)31-18-21-5-8-25-19-33(15-13-24(25)16-21)14-1-2-20-3-6-23(7-4-20)29(34)32-35/h3-12,16,27-28,31,35H,1-2,13-15,17-19H2,(H,32,34). The summed E-state index contributed by atoms with van der Waals surface area (Å²) in [7, 11) is 0. The van der Waals surface area contributed by atoms with Gasteiger partial charge in [-0.3, -0.25) is 14.9 Å².